The highest BCUT2D eigenvalue weighted by Crippen LogP contribution is 2.25. The van der Waals surface area contributed by atoms with Gasteiger partial charge < -0.3 is 15.5 Å². The number of piperazine rings is 1. The van der Waals surface area contributed by atoms with Crippen LogP contribution in [0.2, 0.25) is 0 Å². The molecule has 2 rings (SSSR count). The van der Waals surface area contributed by atoms with Crippen molar-refractivity contribution in [2.24, 2.45) is 5.73 Å². The highest BCUT2D eigenvalue weighted by atomic mass is 16.2. The normalized spacial score (nSPS) is 19.9. The van der Waals surface area contributed by atoms with Crippen molar-refractivity contribution in [2.75, 3.05) is 20.1 Å². The van der Waals surface area contributed by atoms with E-state index in [4.69, 9.17) is 5.73 Å². The highest BCUT2D eigenvalue weighted by molar-refractivity contribution is 5.93. The minimum absolute atomic E-state index is 0.0580. The van der Waals surface area contributed by atoms with Gasteiger partial charge >= 0.3 is 0 Å². The summed E-state index contributed by atoms with van der Waals surface area (Å²) in [6, 6.07) is 8.50. The Labute approximate surface area is 119 Å². The molecule has 1 heterocycles. The quantitative estimate of drug-likeness (QED) is 0.866. The first-order valence-electron chi connectivity index (χ1n) is 6.73. The van der Waals surface area contributed by atoms with Gasteiger partial charge in [0, 0.05) is 20.1 Å². The first-order chi connectivity index (χ1) is 9.35. The van der Waals surface area contributed by atoms with Gasteiger partial charge in [0.25, 0.3) is 0 Å². The molecule has 1 atom stereocenters. The number of carbonyl (C=O) groups is 2. The van der Waals surface area contributed by atoms with Crippen LogP contribution in [0.25, 0.3) is 0 Å². The molecule has 1 saturated heterocycles. The summed E-state index contributed by atoms with van der Waals surface area (Å²) in [5.74, 6) is -0.264. The van der Waals surface area contributed by atoms with E-state index in [-0.39, 0.29) is 11.8 Å². The van der Waals surface area contributed by atoms with Gasteiger partial charge in [-0.3, -0.25) is 9.59 Å². The SMILES string of the molecule is CN1CCN(C(=O)C(N)c2ccccc2)C(C)(C)C1=O. The molecule has 1 aromatic rings. The molecule has 20 heavy (non-hydrogen) atoms. The van der Waals surface area contributed by atoms with Crippen molar-refractivity contribution in [3.05, 3.63) is 35.9 Å². The Hall–Kier alpha value is -1.88. The van der Waals surface area contributed by atoms with Crippen molar-refractivity contribution >= 4 is 11.8 Å². The van der Waals surface area contributed by atoms with E-state index >= 15 is 0 Å². The van der Waals surface area contributed by atoms with Crippen molar-refractivity contribution in [1.29, 1.82) is 0 Å². The second-order valence-corrected chi connectivity index (χ2v) is 5.66. The second kappa shape index (κ2) is 5.25. The number of amides is 2. The maximum Gasteiger partial charge on any atom is 0.247 e. The predicted molar refractivity (Wildman–Crippen MR) is 76.8 cm³/mol. The molecule has 1 fully saturated rings. The van der Waals surface area contributed by atoms with Crippen LogP contribution in [-0.4, -0.2) is 47.3 Å². The summed E-state index contributed by atoms with van der Waals surface area (Å²) in [6.45, 7) is 4.57. The summed E-state index contributed by atoms with van der Waals surface area (Å²) in [5.41, 5.74) is 5.97. The number of likely N-dealkylation sites (N-methyl/N-ethyl adjacent to an activating group) is 1. The summed E-state index contributed by atoms with van der Waals surface area (Å²) < 4.78 is 0. The van der Waals surface area contributed by atoms with Gasteiger partial charge in [0.05, 0.1) is 0 Å². The average molecular weight is 275 g/mol. The third-order valence-corrected chi connectivity index (χ3v) is 3.89. The average Bonchev–Trinajstić information content (AvgIpc) is 2.44. The number of carbonyl (C=O) groups excluding carboxylic acids is 2. The molecule has 2 N–H and O–H groups in total. The molecule has 0 radical (unpaired) electrons. The lowest BCUT2D eigenvalue weighted by Gasteiger charge is -2.45. The van der Waals surface area contributed by atoms with Crippen LogP contribution in [-0.2, 0) is 9.59 Å². The molecule has 0 spiro atoms. The van der Waals surface area contributed by atoms with E-state index in [0.717, 1.165) is 5.56 Å². The van der Waals surface area contributed by atoms with Crippen molar-refractivity contribution in [3.63, 3.8) is 0 Å². The molecule has 108 valence electrons. The van der Waals surface area contributed by atoms with Crippen LogP contribution in [0.3, 0.4) is 0 Å². The maximum atomic E-state index is 12.6. The van der Waals surface area contributed by atoms with Crippen LogP contribution in [0.1, 0.15) is 25.5 Å². The fraction of sp³-hybridized carbons (Fsp3) is 0.467. The van der Waals surface area contributed by atoms with Gasteiger partial charge in [-0.15, -0.1) is 0 Å². The Bertz CT molecular complexity index is 513. The molecule has 1 aliphatic heterocycles. The molecule has 2 amide bonds. The lowest BCUT2D eigenvalue weighted by Crippen LogP contribution is -2.64. The Morgan fingerprint density at radius 1 is 1.25 bits per heavy atom. The molecule has 0 bridgehead atoms. The van der Waals surface area contributed by atoms with E-state index in [0.29, 0.717) is 13.1 Å². The van der Waals surface area contributed by atoms with Gasteiger partial charge in [0.2, 0.25) is 11.8 Å². The topological polar surface area (TPSA) is 66.6 Å². The van der Waals surface area contributed by atoms with E-state index in [2.05, 4.69) is 0 Å². The zero-order chi connectivity index (χ0) is 14.9. The van der Waals surface area contributed by atoms with Crippen molar-refractivity contribution in [2.45, 2.75) is 25.4 Å². The lowest BCUT2D eigenvalue weighted by molar-refractivity contribution is -0.158. The van der Waals surface area contributed by atoms with E-state index < -0.39 is 11.6 Å². The van der Waals surface area contributed by atoms with Crippen molar-refractivity contribution in [1.82, 2.24) is 9.80 Å². The first-order valence-corrected chi connectivity index (χ1v) is 6.73. The summed E-state index contributed by atoms with van der Waals surface area (Å²) in [5, 5.41) is 0. The molecule has 1 aliphatic rings. The molecular formula is C15H21N3O2. The highest BCUT2D eigenvalue weighted by Gasteiger charge is 2.44. The fourth-order valence-corrected chi connectivity index (χ4v) is 2.57. The summed E-state index contributed by atoms with van der Waals surface area (Å²) in [6.07, 6.45) is 0. The number of rotatable bonds is 2. The molecule has 5 nitrogen and oxygen atoms in total. The molecule has 0 aromatic heterocycles. The monoisotopic (exact) mass is 275 g/mol. The minimum atomic E-state index is -0.851. The fourth-order valence-electron chi connectivity index (χ4n) is 2.57. The van der Waals surface area contributed by atoms with E-state index in [9.17, 15) is 9.59 Å². The van der Waals surface area contributed by atoms with Crippen LogP contribution in [0.15, 0.2) is 30.3 Å². The summed E-state index contributed by atoms with van der Waals surface area (Å²) >= 11 is 0. The van der Waals surface area contributed by atoms with E-state index in [1.54, 1.807) is 30.7 Å². The molecular weight excluding hydrogens is 254 g/mol. The number of nitrogens with two attached hydrogens (primary N) is 1. The zero-order valence-corrected chi connectivity index (χ0v) is 12.2. The van der Waals surface area contributed by atoms with Crippen LogP contribution < -0.4 is 5.73 Å². The third kappa shape index (κ3) is 2.41. The van der Waals surface area contributed by atoms with Gasteiger partial charge in [0.15, 0.2) is 0 Å². The number of hydrogen-bond acceptors (Lipinski definition) is 3. The van der Waals surface area contributed by atoms with Gasteiger partial charge in [-0.2, -0.15) is 0 Å². The van der Waals surface area contributed by atoms with Gasteiger partial charge in [-0.25, -0.2) is 0 Å². The van der Waals surface area contributed by atoms with Gasteiger partial charge in [-0.05, 0) is 19.4 Å². The Morgan fingerprint density at radius 2 is 1.85 bits per heavy atom. The Balaban J connectivity index is 2.23. The summed E-state index contributed by atoms with van der Waals surface area (Å²) in [7, 11) is 1.75. The molecule has 0 aliphatic carbocycles. The summed E-state index contributed by atoms with van der Waals surface area (Å²) in [4.78, 5) is 28.0. The van der Waals surface area contributed by atoms with E-state index in [1.165, 1.54) is 0 Å². The smallest absolute Gasteiger partial charge is 0.247 e. The van der Waals surface area contributed by atoms with Gasteiger partial charge in [-0.1, -0.05) is 30.3 Å². The second-order valence-electron chi connectivity index (χ2n) is 5.66. The molecule has 5 heteroatoms. The first kappa shape index (κ1) is 14.5. The zero-order valence-electron chi connectivity index (χ0n) is 12.2. The van der Waals surface area contributed by atoms with Crippen LogP contribution >= 0.6 is 0 Å². The standard InChI is InChI=1S/C15H21N3O2/c1-15(2)14(20)17(3)9-10-18(15)13(19)12(16)11-7-5-4-6-8-11/h4-8,12H,9-10,16H2,1-3H3. The molecule has 1 aromatic carbocycles. The molecule has 0 saturated carbocycles. The lowest BCUT2D eigenvalue weighted by atomic mass is 9.95. The number of hydrogen-bond donors (Lipinski definition) is 1. The number of benzene rings is 1. The van der Waals surface area contributed by atoms with Crippen LogP contribution in [0, 0.1) is 0 Å². The maximum absolute atomic E-state index is 12.6. The predicted octanol–water partition coefficient (Wildman–Crippen LogP) is 0.766. The largest absolute Gasteiger partial charge is 0.342 e. The molecule has 1 unspecified atom stereocenters. The van der Waals surface area contributed by atoms with E-state index in [1.807, 2.05) is 30.3 Å². The third-order valence-electron chi connectivity index (χ3n) is 3.89. The Kier molecular flexibility index (Phi) is 3.81. The minimum Gasteiger partial charge on any atom is -0.342 e. The number of nitrogens with zero attached hydrogens (tertiary/aromatic N) is 2. The van der Waals surface area contributed by atoms with Crippen molar-refractivity contribution in [3.8, 4) is 0 Å². The van der Waals surface area contributed by atoms with Crippen LogP contribution in [0.5, 0.6) is 0 Å². The van der Waals surface area contributed by atoms with Crippen molar-refractivity contribution < 1.29 is 9.59 Å². The van der Waals surface area contributed by atoms with Gasteiger partial charge in [0.1, 0.15) is 11.6 Å². The van der Waals surface area contributed by atoms with Crippen LogP contribution in [0.4, 0.5) is 0 Å². The Morgan fingerprint density at radius 3 is 2.45 bits per heavy atom.